The van der Waals surface area contributed by atoms with Gasteiger partial charge in [-0.05, 0) is 43.7 Å². The maximum absolute atomic E-state index is 9.92. The fraction of sp³-hybridized carbons (Fsp3) is 0.647. The molecule has 1 aromatic rings. The van der Waals surface area contributed by atoms with Gasteiger partial charge in [0.2, 0.25) is 0 Å². The lowest BCUT2D eigenvalue weighted by atomic mass is 10.1. The van der Waals surface area contributed by atoms with Crippen molar-refractivity contribution in [3.8, 4) is 0 Å². The van der Waals surface area contributed by atoms with Crippen molar-refractivity contribution in [3.63, 3.8) is 0 Å². The molecular formula is C17H27NO2. The summed E-state index contributed by atoms with van der Waals surface area (Å²) in [5, 5.41) is 13.3. The van der Waals surface area contributed by atoms with Crippen LogP contribution in [0.15, 0.2) is 30.3 Å². The zero-order valence-corrected chi connectivity index (χ0v) is 12.6. The molecule has 0 heterocycles. The molecule has 0 saturated heterocycles. The van der Waals surface area contributed by atoms with Crippen molar-refractivity contribution in [2.24, 2.45) is 11.8 Å². The van der Waals surface area contributed by atoms with E-state index in [1.807, 2.05) is 37.3 Å². The van der Waals surface area contributed by atoms with Gasteiger partial charge in [-0.25, -0.2) is 0 Å². The summed E-state index contributed by atoms with van der Waals surface area (Å²) in [4.78, 5) is 0. The van der Waals surface area contributed by atoms with Crippen molar-refractivity contribution in [2.75, 3.05) is 19.7 Å². The highest BCUT2D eigenvalue weighted by Gasteiger charge is 2.27. The van der Waals surface area contributed by atoms with E-state index in [1.165, 1.54) is 12.8 Å². The minimum absolute atomic E-state index is 0.0243. The Balaban J connectivity index is 1.58. The normalized spacial score (nSPS) is 19.6. The monoisotopic (exact) mass is 277 g/mol. The number of hydrogen-bond acceptors (Lipinski definition) is 3. The van der Waals surface area contributed by atoms with Crippen LogP contribution in [0.4, 0.5) is 0 Å². The van der Waals surface area contributed by atoms with E-state index >= 15 is 0 Å². The standard InChI is InChI=1S/C17H27NO2/c1-13(15-8-9-15)10-18-11-17(19)12-20-14(2)16-6-4-3-5-7-16/h3-7,13-15,17-19H,8-12H2,1-2H3. The van der Waals surface area contributed by atoms with Gasteiger partial charge in [0.15, 0.2) is 0 Å². The zero-order valence-electron chi connectivity index (χ0n) is 12.6. The lowest BCUT2D eigenvalue weighted by Crippen LogP contribution is -2.33. The Bertz CT molecular complexity index is 378. The highest BCUT2D eigenvalue weighted by atomic mass is 16.5. The first kappa shape index (κ1) is 15.5. The molecule has 0 bridgehead atoms. The van der Waals surface area contributed by atoms with E-state index in [1.54, 1.807) is 0 Å². The second kappa shape index (κ2) is 7.77. The van der Waals surface area contributed by atoms with Crippen molar-refractivity contribution in [2.45, 2.75) is 38.9 Å². The van der Waals surface area contributed by atoms with E-state index in [2.05, 4.69) is 12.2 Å². The van der Waals surface area contributed by atoms with Gasteiger partial charge >= 0.3 is 0 Å². The third kappa shape index (κ3) is 5.23. The van der Waals surface area contributed by atoms with Crippen LogP contribution in [0.2, 0.25) is 0 Å². The second-order valence-electron chi connectivity index (χ2n) is 6.01. The van der Waals surface area contributed by atoms with Gasteiger partial charge in [-0.2, -0.15) is 0 Å². The molecule has 0 aromatic heterocycles. The first-order valence-electron chi connectivity index (χ1n) is 7.72. The summed E-state index contributed by atoms with van der Waals surface area (Å²) < 4.78 is 5.72. The summed E-state index contributed by atoms with van der Waals surface area (Å²) >= 11 is 0. The Kier molecular flexibility index (Phi) is 6.02. The summed E-state index contributed by atoms with van der Waals surface area (Å²) in [6.07, 6.45) is 2.34. The van der Waals surface area contributed by atoms with Gasteiger partial charge in [0.05, 0.1) is 18.8 Å². The predicted octanol–water partition coefficient (Wildman–Crippen LogP) is 2.76. The van der Waals surface area contributed by atoms with Gasteiger partial charge in [-0.3, -0.25) is 0 Å². The molecule has 112 valence electrons. The molecule has 20 heavy (non-hydrogen) atoms. The summed E-state index contributed by atoms with van der Waals surface area (Å²) in [6.45, 7) is 6.28. The van der Waals surface area contributed by atoms with Gasteiger partial charge in [0.25, 0.3) is 0 Å². The molecule has 3 atom stereocenters. The van der Waals surface area contributed by atoms with Crippen molar-refractivity contribution in [1.29, 1.82) is 0 Å². The van der Waals surface area contributed by atoms with E-state index in [4.69, 9.17) is 4.74 Å². The molecule has 0 amide bonds. The van der Waals surface area contributed by atoms with Crippen LogP contribution in [0.3, 0.4) is 0 Å². The molecule has 0 aliphatic heterocycles. The summed E-state index contributed by atoms with van der Waals surface area (Å²) in [6, 6.07) is 10.1. The predicted molar refractivity (Wildman–Crippen MR) is 81.6 cm³/mol. The lowest BCUT2D eigenvalue weighted by molar-refractivity contribution is -0.00225. The molecule has 2 N–H and O–H groups in total. The summed E-state index contributed by atoms with van der Waals surface area (Å²) in [5.41, 5.74) is 1.15. The molecule has 3 unspecified atom stereocenters. The van der Waals surface area contributed by atoms with E-state index in [-0.39, 0.29) is 6.10 Å². The van der Waals surface area contributed by atoms with Crippen LogP contribution in [0, 0.1) is 11.8 Å². The summed E-state index contributed by atoms with van der Waals surface area (Å²) in [7, 11) is 0. The number of aliphatic hydroxyl groups is 1. The van der Waals surface area contributed by atoms with Crippen LogP contribution in [0.1, 0.15) is 38.4 Å². The number of rotatable bonds is 9. The molecule has 3 nitrogen and oxygen atoms in total. The fourth-order valence-corrected chi connectivity index (χ4v) is 2.44. The van der Waals surface area contributed by atoms with Gasteiger partial charge in [0, 0.05) is 6.54 Å². The third-order valence-electron chi connectivity index (χ3n) is 4.08. The Hall–Kier alpha value is -0.900. The minimum atomic E-state index is -0.437. The molecule has 1 aliphatic rings. The topological polar surface area (TPSA) is 41.5 Å². The van der Waals surface area contributed by atoms with Gasteiger partial charge in [-0.1, -0.05) is 37.3 Å². The first-order chi connectivity index (χ1) is 9.66. The van der Waals surface area contributed by atoms with Crippen molar-refractivity contribution < 1.29 is 9.84 Å². The first-order valence-corrected chi connectivity index (χ1v) is 7.72. The van der Waals surface area contributed by atoms with Crippen molar-refractivity contribution in [1.82, 2.24) is 5.32 Å². The quantitative estimate of drug-likeness (QED) is 0.729. The molecule has 0 radical (unpaired) electrons. The van der Waals surface area contributed by atoms with Crippen LogP contribution in [-0.4, -0.2) is 30.9 Å². The third-order valence-corrected chi connectivity index (χ3v) is 4.08. The van der Waals surface area contributed by atoms with Crippen LogP contribution >= 0.6 is 0 Å². The highest BCUT2D eigenvalue weighted by molar-refractivity contribution is 5.16. The minimum Gasteiger partial charge on any atom is -0.389 e. The molecule has 1 fully saturated rings. The zero-order chi connectivity index (χ0) is 14.4. The molecule has 0 spiro atoms. The van der Waals surface area contributed by atoms with E-state index in [9.17, 15) is 5.11 Å². The molecule has 1 saturated carbocycles. The SMILES string of the molecule is CC(OCC(O)CNCC(C)C1CC1)c1ccccc1. The Morgan fingerprint density at radius 2 is 1.90 bits per heavy atom. The highest BCUT2D eigenvalue weighted by Crippen LogP contribution is 2.35. The average molecular weight is 277 g/mol. The van der Waals surface area contributed by atoms with Crippen LogP contribution in [0.5, 0.6) is 0 Å². The fourth-order valence-electron chi connectivity index (χ4n) is 2.44. The van der Waals surface area contributed by atoms with Gasteiger partial charge in [-0.15, -0.1) is 0 Å². The van der Waals surface area contributed by atoms with Crippen LogP contribution in [-0.2, 0) is 4.74 Å². The largest absolute Gasteiger partial charge is 0.389 e. The van der Waals surface area contributed by atoms with E-state index in [0.29, 0.717) is 13.2 Å². The maximum atomic E-state index is 9.92. The Labute approximate surface area is 122 Å². The van der Waals surface area contributed by atoms with E-state index in [0.717, 1.165) is 23.9 Å². The smallest absolute Gasteiger partial charge is 0.0897 e. The Morgan fingerprint density at radius 1 is 1.20 bits per heavy atom. The van der Waals surface area contributed by atoms with Crippen LogP contribution in [0.25, 0.3) is 0 Å². The molecule has 1 aromatic carbocycles. The number of aliphatic hydroxyl groups excluding tert-OH is 1. The molecule has 1 aliphatic carbocycles. The number of benzene rings is 1. The van der Waals surface area contributed by atoms with Gasteiger partial charge in [0.1, 0.15) is 0 Å². The van der Waals surface area contributed by atoms with Crippen LogP contribution < -0.4 is 5.32 Å². The Morgan fingerprint density at radius 3 is 2.55 bits per heavy atom. The molecule has 2 rings (SSSR count). The van der Waals surface area contributed by atoms with E-state index < -0.39 is 6.10 Å². The number of hydrogen-bond donors (Lipinski definition) is 2. The number of ether oxygens (including phenoxy) is 1. The molecular weight excluding hydrogens is 250 g/mol. The maximum Gasteiger partial charge on any atom is 0.0897 e. The number of nitrogens with one attached hydrogen (secondary N) is 1. The van der Waals surface area contributed by atoms with Crippen molar-refractivity contribution in [3.05, 3.63) is 35.9 Å². The van der Waals surface area contributed by atoms with Gasteiger partial charge < -0.3 is 15.2 Å². The second-order valence-corrected chi connectivity index (χ2v) is 6.01. The summed E-state index contributed by atoms with van der Waals surface area (Å²) in [5.74, 6) is 1.64. The average Bonchev–Trinajstić information content (AvgIpc) is 3.30. The van der Waals surface area contributed by atoms with Crippen molar-refractivity contribution >= 4 is 0 Å². The molecule has 3 heteroatoms. The lowest BCUT2D eigenvalue weighted by Gasteiger charge is -2.18.